The zero-order chi connectivity index (χ0) is 13.0. The number of hydrogen-bond donors (Lipinski definition) is 1. The van der Waals surface area contributed by atoms with E-state index in [1.807, 2.05) is 19.2 Å². The Hall–Kier alpha value is -1.96. The fourth-order valence-electron chi connectivity index (χ4n) is 1.88. The van der Waals surface area contributed by atoms with Crippen LogP contribution in [0.4, 0.5) is 5.69 Å². The van der Waals surface area contributed by atoms with Crippen molar-refractivity contribution in [1.29, 1.82) is 0 Å². The summed E-state index contributed by atoms with van der Waals surface area (Å²) in [5.74, 6) is 0.931. The maximum absolute atomic E-state index is 5.92. The van der Waals surface area contributed by atoms with Crippen molar-refractivity contribution < 1.29 is 4.74 Å². The van der Waals surface area contributed by atoms with Gasteiger partial charge in [0.05, 0.1) is 5.69 Å². The van der Waals surface area contributed by atoms with Gasteiger partial charge in [0.1, 0.15) is 12.4 Å². The lowest BCUT2D eigenvalue weighted by Gasteiger charge is -2.13. The lowest BCUT2D eigenvalue weighted by molar-refractivity contribution is 0.305. The average molecular weight is 241 g/mol. The van der Waals surface area contributed by atoms with E-state index in [1.54, 1.807) is 0 Å². The van der Waals surface area contributed by atoms with E-state index in [4.69, 9.17) is 4.74 Å². The van der Waals surface area contributed by atoms with Crippen molar-refractivity contribution >= 4 is 5.69 Å². The third kappa shape index (κ3) is 2.83. The van der Waals surface area contributed by atoms with E-state index < -0.39 is 0 Å². The minimum Gasteiger partial charge on any atom is -0.486 e. The van der Waals surface area contributed by atoms with E-state index in [1.165, 1.54) is 11.1 Å². The van der Waals surface area contributed by atoms with Gasteiger partial charge < -0.3 is 10.1 Å². The molecule has 0 atom stereocenters. The molecule has 2 aromatic rings. The van der Waals surface area contributed by atoms with Crippen LogP contribution in [0.2, 0.25) is 0 Å². The second-order valence-electron chi connectivity index (χ2n) is 4.48. The van der Waals surface area contributed by atoms with Crippen molar-refractivity contribution in [3.63, 3.8) is 0 Å². The standard InChI is InChI=1S/C16H19NO/c1-12-7-9-14(10-8-12)11-18-16-13(2)5-4-6-15(16)17-3/h4-10,17H,11H2,1-3H3. The molecule has 0 bridgehead atoms. The maximum Gasteiger partial charge on any atom is 0.145 e. The van der Waals surface area contributed by atoms with Crippen molar-refractivity contribution in [3.8, 4) is 5.75 Å². The van der Waals surface area contributed by atoms with Gasteiger partial charge in [0.15, 0.2) is 0 Å². The summed E-state index contributed by atoms with van der Waals surface area (Å²) in [7, 11) is 1.91. The highest BCUT2D eigenvalue weighted by molar-refractivity contribution is 5.59. The Morgan fingerprint density at radius 2 is 1.72 bits per heavy atom. The van der Waals surface area contributed by atoms with E-state index in [-0.39, 0.29) is 0 Å². The molecule has 0 saturated heterocycles. The third-order valence-corrected chi connectivity index (χ3v) is 2.99. The molecule has 1 N–H and O–H groups in total. The Kier molecular flexibility index (Phi) is 3.88. The topological polar surface area (TPSA) is 21.3 Å². The number of benzene rings is 2. The van der Waals surface area contributed by atoms with Crippen molar-refractivity contribution in [2.45, 2.75) is 20.5 Å². The summed E-state index contributed by atoms with van der Waals surface area (Å²) >= 11 is 0. The van der Waals surface area contributed by atoms with Crippen LogP contribution >= 0.6 is 0 Å². The summed E-state index contributed by atoms with van der Waals surface area (Å²) in [6, 6.07) is 14.5. The van der Waals surface area contributed by atoms with E-state index in [0.29, 0.717) is 6.61 Å². The molecule has 94 valence electrons. The Labute approximate surface area is 109 Å². The lowest BCUT2D eigenvalue weighted by atomic mass is 10.1. The first-order chi connectivity index (χ1) is 8.70. The minimum atomic E-state index is 0.597. The normalized spacial score (nSPS) is 10.2. The van der Waals surface area contributed by atoms with Crippen molar-refractivity contribution in [2.75, 3.05) is 12.4 Å². The Morgan fingerprint density at radius 3 is 2.39 bits per heavy atom. The number of para-hydroxylation sites is 1. The molecule has 0 fully saturated rings. The number of hydrogen-bond acceptors (Lipinski definition) is 2. The monoisotopic (exact) mass is 241 g/mol. The van der Waals surface area contributed by atoms with Crippen molar-refractivity contribution in [1.82, 2.24) is 0 Å². The fourth-order valence-corrected chi connectivity index (χ4v) is 1.88. The molecule has 18 heavy (non-hydrogen) atoms. The van der Waals surface area contributed by atoms with Crippen LogP contribution in [-0.2, 0) is 6.61 Å². The molecule has 0 aromatic heterocycles. The van der Waals surface area contributed by atoms with Gasteiger partial charge in [-0.15, -0.1) is 0 Å². The Bertz CT molecular complexity index is 517. The smallest absolute Gasteiger partial charge is 0.145 e. The minimum absolute atomic E-state index is 0.597. The molecular weight excluding hydrogens is 222 g/mol. The SMILES string of the molecule is CNc1cccc(C)c1OCc1ccc(C)cc1. The quantitative estimate of drug-likeness (QED) is 0.875. The Morgan fingerprint density at radius 1 is 1.00 bits per heavy atom. The van der Waals surface area contributed by atoms with Gasteiger partial charge in [0, 0.05) is 7.05 Å². The second kappa shape index (κ2) is 5.58. The first kappa shape index (κ1) is 12.5. The predicted octanol–water partition coefficient (Wildman–Crippen LogP) is 3.92. The van der Waals surface area contributed by atoms with Gasteiger partial charge in [-0.2, -0.15) is 0 Å². The van der Waals surface area contributed by atoms with Crippen molar-refractivity contribution in [3.05, 3.63) is 59.2 Å². The highest BCUT2D eigenvalue weighted by Gasteiger charge is 2.05. The van der Waals surface area contributed by atoms with Gasteiger partial charge in [-0.3, -0.25) is 0 Å². The summed E-state index contributed by atoms with van der Waals surface area (Å²) in [5, 5.41) is 3.16. The van der Waals surface area contributed by atoms with Crippen LogP contribution in [0.5, 0.6) is 5.75 Å². The number of aryl methyl sites for hydroxylation is 2. The van der Waals surface area contributed by atoms with Crippen LogP contribution in [0, 0.1) is 13.8 Å². The van der Waals surface area contributed by atoms with E-state index in [2.05, 4.69) is 49.5 Å². The molecule has 0 saturated carbocycles. The molecule has 0 aliphatic carbocycles. The molecule has 0 aliphatic rings. The summed E-state index contributed by atoms with van der Waals surface area (Å²) in [5.41, 5.74) is 4.63. The summed E-state index contributed by atoms with van der Waals surface area (Å²) in [4.78, 5) is 0. The highest BCUT2D eigenvalue weighted by atomic mass is 16.5. The summed E-state index contributed by atoms with van der Waals surface area (Å²) < 4.78 is 5.92. The first-order valence-corrected chi connectivity index (χ1v) is 6.16. The van der Waals surface area contributed by atoms with Crippen LogP contribution in [0.3, 0.4) is 0 Å². The highest BCUT2D eigenvalue weighted by Crippen LogP contribution is 2.28. The molecular formula is C16H19NO. The van der Waals surface area contributed by atoms with Gasteiger partial charge >= 0.3 is 0 Å². The third-order valence-electron chi connectivity index (χ3n) is 2.99. The first-order valence-electron chi connectivity index (χ1n) is 6.16. The number of ether oxygens (including phenoxy) is 1. The van der Waals surface area contributed by atoms with Crippen LogP contribution in [0.15, 0.2) is 42.5 Å². The molecule has 0 aliphatic heterocycles. The van der Waals surface area contributed by atoms with Gasteiger partial charge in [-0.1, -0.05) is 42.0 Å². The van der Waals surface area contributed by atoms with Gasteiger partial charge in [-0.05, 0) is 31.0 Å². The molecule has 2 aromatic carbocycles. The number of nitrogens with one attached hydrogen (secondary N) is 1. The number of rotatable bonds is 4. The molecule has 2 heteroatoms. The van der Waals surface area contributed by atoms with E-state index in [9.17, 15) is 0 Å². The Balaban J connectivity index is 2.12. The zero-order valence-corrected chi connectivity index (χ0v) is 11.2. The molecule has 0 heterocycles. The molecule has 0 spiro atoms. The van der Waals surface area contributed by atoms with Crippen LogP contribution in [0.25, 0.3) is 0 Å². The van der Waals surface area contributed by atoms with E-state index in [0.717, 1.165) is 17.0 Å². The van der Waals surface area contributed by atoms with Gasteiger partial charge in [-0.25, -0.2) is 0 Å². The second-order valence-corrected chi connectivity index (χ2v) is 4.48. The number of anilines is 1. The summed E-state index contributed by atoms with van der Waals surface area (Å²) in [6.07, 6.45) is 0. The van der Waals surface area contributed by atoms with Crippen LogP contribution in [-0.4, -0.2) is 7.05 Å². The maximum atomic E-state index is 5.92. The van der Waals surface area contributed by atoms with Crippen LogP contribution < -0.4 is 10.1 Å². The fraction of sp³-hybridized carbons (Fsp3) is 0.250. The van der Waals surface area contributed by atoms with Gasteiger partial charge in [0.2, 0.25) is 0 Å². The molecule has 0 unspecified atom stereocenters. The largest absolute Gasteiger partial charge is 0.486 e. The predicted molar refractivity (Wildman–Crippen MR) is 76.2 cm³/mol. The van der Waals surface area contributed by atoms with E-state index >= 15 is 0 Å². The lowest BCUT2D eigenvalue weighted by Crippen LogP contribution is -2.00. The molecule has 0 amide bonds. The molecule has 0 radical (unpaired) electrons. The zero-order valence-electron chi connectivity index (χ0n) is 11.2. The van der Waals surface area contributed by atoms with Crippen LogP contribution in [0.1, 0.15) is 16.7 Å². The molecule has 2 nitrogen and oxygen atoms in total. The van der Waals surface area contributed by atoms with Crippen molar-refractivity contribution in [2.24, 2.45) is 0 Å². The average Bonchev–Trinajstić information content (AvgIpc) is 2.39. The summed E-state index contributed by atoms with van der Waals surface area (Å²) in [6.45, 7) is 4.75. The van der Waals surface area contributed by atoms with Gasteiger partial charge in [0.25, 0.3) is 0 Å². The molecule has 2 rings (SSSR count).